The van der Waals surface area contributed by atoms with Gasteiger partial charge in [-0.1, -0.05) is 43.2 Å². The van der Waals surface area contributed by atoms with E-state index in [1.165, 1.54) is 10.8 Å². The van der Waals surface area contributed by atoms with Crippen molar-refractivity contribution in [3.8, 4) is 5.69 Å². The van der Waals surface area contributed by atoms with Crippen molar-refractivity contribution in [2.75, 3.05) is 18.4 Å². The molecule has 9 heteroatoms. The van der Waals surface area contributed by atoms with Crippen molar-refractivity contribution in [1.29, 1.82) is 0 Å². The Morgan fingerprint density at radius 1 is 0.943 bits per heavy atom. The molecule has 2 aromatic carbocycles. The smallest absolute Gasteiger partial charge is 0.295 e. The first kappa shape index (κ1) is 24.7. The van der Waals surface area contributed by atoms with Crippen molar-refractivity contribution in [3.63, 3.8) is 0 Å². The SMILES string of the molecule is Cc1c(NC(=O)/C=C/c2ccc(S(=O)(=O)N3CCCCCC3)cc2)c(=O)n(-c2ccccc2)n1C. The van der Waals surface area contributed by atoms with Crippen molar-refractivity contribution in [3.05, 3.63) is 82.3 Å². The third kappa shape index (κ3) is 5.31. The summed E-state index contributed by atoms with van der Waals surface area (Å²) >= 11 is 0. The number of hydrogen-bond acceptors (Lipinski definition) is 4. The fourth-order valence-electron chi connectivity index (χ4n) is 4.23. The molecule has 8 nitrogen and oxygen atoms in total. The van der Waals surface area contributed by atoms with Crippen LogP contribution in [0.25, 0.3) is 11.8 Å². The third-order valence-corrected chi connectivity index (χ3v) is 8.23. The maximum Gasteiger partial charge on any atom is 0.295 e. The molecule has 1 aliphatic heterocycles. The topological polar surface area (TPSA) is 93.4 Å². The van der Waals surface area contributed by atoms with Crippen LogP contribution in [0.4, 0.5) is 5.69 Å². The Hall–Kier alpha value is -3.43. The lowest BCUT2D eigenvalue weighted by molar-refractivity contribution is -0.111. The molecular formula is C26H30N4O4S. The first-order chi connectivity index (χ1) is 16.8. The highest BCUT2D eigenvalue weighted by atomic mass is 32.2. The van der Waals surface area contributed by atoms with Crippen LogP contribution < -0.4 is 10.9 Å². The zero-order valence-electron chi connectivity index (χ0n) is 20.0. The Morgan fingerprint density at radius 3 is 2.20 bits per heavy atom. The number of carbonyl (C=O) groups is 1. The molecule has 1 aliphatic rings. The highest BCUT2D eigenvalue weighted by Crippen LogP contribution is 2.21. The van der Waals surface area contributed by atoms with Crippen LogP contribution in [0, 0.1) is 6.92 Å². The van der Waals surface area contributed by atoms with Gasteiger partial charge in [-0.2, -0.15) is 4.31 Å². The highest BCUT2D eigenvalue weighted by molar-refractivity contribution is 7.89. The minimum atomic E-state index is -3.52. The maximum absolute atomic E-state index is 12.9. The fourth-order valence-corrected chi connectivity index (χ4v) is 5.75. The molecular weight excluding hydrogens is 464 g/mol. The van der Waals surface area contributed by atoms with E-state index in [-0.39, 0.29) is 16.1 Å². The summed E-state index contributed by atoms with van der Waals surface area (Å²) in [6, 6.07) is 15.7. The molecule has 0 atom stereocenters. The van der Waals surface area contributed by atoms with Crippen LogP contribution in [-0.2, 0) is 21.9 Å². The quantitative estimate of drug-likeness (QED) is 0.529. The first-order valence-corrected chi connectivity index (χ1v) is 13.2. The number of benzene rings is 2. The molecule has 1 aromatic heterocycles. The van der Waals surface area contributed by atoms with Gasteiger partial charge < -0.3 is 5.32 Å². The largest absolute Gasteiger partial charge is 0.316 e. The number of nitrogens with zero attached hydrogens (tertiary/aromatic N) is 3. The van der Waals surface area contributed by atoms with E-state index < -0.39 is 15.9 Å². The number of hydrogen-bond donors (Lipinski definition) is 1. The minimum absolute atomic E-state index is 0.213. The van der Waals surface area contributed by atoms with Gasteiger partial charge in [0.2, 0.25) is 15.9 Å². The van der Waals surface area contributed by atoms with Crippen LogP contribution in [-0.4, -0.2) is 41.1 Å². The number of rotatable bonds is 6. The second-order valence-electron chi connectivity index (χ2n) is 8.65. The van der Waals surface area contributed by atoms with Crippen LogP contribution >= 0.6 is 0 Å². The number of sulfonamides is 1. The van der Waals surface area contributed by atoms with E-state index >= 15 is 0 Å². The Morgan fingerprint density at radius 2 is 1.57 bits per heavy atom. The number of nitrogens with one attached hydrogen (secondary N) is 1. The summed E-state index contributed by atoms with van der Waals surface area (Å²) in [4.78, 5) is 25.8. The molecule has 0 radical (unpaired) electrons. The predicted molar refractivity (Wildman–Crippen MR) is 137 cm³/mol. The zero-order valence-corrected chi connectivity index (χ0v) is 20.8. The summed E-state index contributed by atoms with van der Waals surface area (Å²) in [7, 11) is -1.76. The molecule has 184 valence electrons. The van der Waals surface area contributed by atoms with Crippen molar-refractivity contribution in [2.24, 2.45) is 7.05 Å². The number of para-hydroxylation sites is 1. The summed E-state index contributed by atoms with van der Waals surface area (Å²) in [6.07, 6.45) is 6.79. The van der Waals surface area contributed by atoms with Gasteiger partial charge in [0.25, 0.3) is 5.56 Å². The Bertz CT molecular complexity index is 1380. The lowest BCUT2D eigenvalue weighted by Gasteiger charge is -2.19. The van der Waals surface area contributed by atoms with Crippen molar-refractivity contribution < 1.29 is 13.2 Å². The van der Waals surface area contributed by atoms with E-state index in [2.05, 4.69) is 5.32 Å². The van der Waals surface area contributed by atoms with Crippen molar-refractivity contribution >= 4 is 27.7 Å². The van der Waals surface area contributed by atoms with E-state index in [1.54, 1.807) is 53.3 Å². The van der Waals surface area contributed by atoms with E-state index in [4.69, 9.17) is 0 Å². The molecule has 4 rings (SSSR count). The predicted octanol–water partition coefficient (Wildman–Crippen LogP) is 3.70. The lowest BCUT2D eigenvalue weighted by Crippen LogP contribution is -2.31. The van der Waals surface area contributed by atoms with Gasteiger partial charge in [-0.25, -0.2) is 13.1 Å². The van der Waals surface area contributed by atoms with Gasteiger partial charge in [0.05, 0.1) is 16.3 Å². The Balaban J connectivity index is 1.47. The molecule has 0 spiro atoms. The van der Waals surface area contributed by atoms with Gasteiger partial charge in [-0.15, -0.1) is 0 Å². The molecule has 3 aromatic rings. The average Bonchev–Trinajstić information content (AvgIpc) is 3.07. The molecule has 0 saturated carbocycles. The summed E-state index contributed by atoms with van der Waals surface area (Å²) < 4.78 is 30.6. The monoisotopic (exact) mass is 494 g/mol. The molecule has 0 aliphatic carbocycles. The van der Waals surface area contributed by atoms with Crippen LogP contribution in [0.5, 0.6) is 0 Å². The van der Waals surface area contributed by atoms with E-state index in [1.807, 2.05) is 30.3 Å². The molecule has 0 unspecified atom stereocenters. The summed E-state index contributed by atoms with van der Waals surface area (Å²) in [5.41, 5.74) is 1.91. The second-order valence-corrected chi connectivity index (χ2v) is 10.6. The number of amides is 1. The molecule has 1 N–H and O–H groups in total. The number of carbonyl (C=O) groups excluding carboxylic acids is 1. The molecule has 1 fully saturated rings. The maximum atomic E-state index is 12.9. The van der Waals surface area contributed by atoms with E-state index in [0.717, 1.165) is 25.7 Å². The van der Waals surface area contributed by atoms with Crippen molar-refractivity contribution in [2.45, 2.75) is 37.5 Å². The molecule has 35 heavy (non-hydrogen) atoms. The van der Waals surface area contributed by atoms with Gasteiger partial charge in [-0.3, -0.25) is 14.3 Å². The molecule has 2 heterocycles. The van der Waals surface area contributed by atoms with E-state index in [0.29, 0.717) is 30.0 Å². The molecule has 0 bridgehead atoms. The van der Waals surface area contributed by atoms with Gasteiger partial charge >= 0.3 is 0 Å². The van der Waals surface area contributed by atoms with Crippen LogP contribution in [0.15, 0.2) is 70.4 Å². The first-order valence-electron chi connectivity index (χ1n) is 11.7. The zero-order chi connectivity index (χ0) is 25.0. The van der Waals surface area contributed by atoms with Gasteiger partial charge in [0.1, 0.15) is 5.69 Å². The van der Waals surface area contributed by atoms with Gasteiger partial charge in [0, 0.05) is 26.2 Å². The normalized spacial score (nSPS) is 15.3. The van der Waals surface area contributed by atoms with Crippen LogP contribution in [0.3, 0.4) is 0 Å². The summed E-state index contributed by atoms with van der Waals surface area (Å²) in [5, 5.41) is 2.68. The third-order valence-electron chi connectivity index (χ3n) is 6.31. The average molecular weight is 495 g/mol. The number of anilines is 1. The lowest BCUT2D eigenvalue weighted by atomic mass is 10.2. The standard InChI is InChI=1S/C26H30N4O4S/c1-20-25(26(32)30(28(20)2)22-10-6-5-7-11-22)27-24(31)17-14-21-12-15-23(16-13-21)35(33,34)29-18-8-3-4-9-19-29/h5-7,10-17H,3-4,8-9,18-19H2,1-2H3,(H,27,31)/b17-14+. The molecule has 1 amide bonds. The van der Waals surface area contributed by atoms with Crippen LogP contribution in [0.1, 0.15) is 36.9 Å². The highest BCUT2D eigenvalue weighted by Gasteiger charge is 2.24. The summed E-state index contributed by atoms with van der Waals surface area (Å²) in [5.74, 6) is -0.447. The van der Waals surface area contributed by atoms with E-state index in [9.17, 15) is 18.0 Å². The Kier molecular flexibility index (Phi) is 7.37. The Labute approximate surface area is 205 Å². The fraction of sp³-hybridized carbons (Fsp3) is 0.308. The van der Waals surface area contributed by atoms with Gasteiger partial charge in [-0.05, 0) is 55.7 Å². The summed E-state index contributed by atoms with van der Waals surface area (Å²) in [6.45, 7) is 2.87. The van der Waals surface area contributed by atoms with Crippen LogP contribution in [0.2, 0.25) is 0 Å². The number of aromatic nitrogens is 2. The van der Waals surface area contributed by atoms with Crippen molar-refractivity contribution in [1.82, 2.24) is 13.7 Å². The molecule has 1 saturated heterocycles. The minimum Gasteiger partial charge on any atom is -0.316 e. The van der Waals surface area contributed by atoms with Gasteiger partial charge in [0.15, 0.2) is 0 Å². The second kappa shape index (κ2) is 10.5.